The van der Waals surface area contributed by atoms with Crippen LogP contribution in [0.4, 0.5) is 0 Å². The summed E-state index contributed by atoms with van der Waals surface area (Å²) in [4.78, 5) is 2.47. The highest BCUT2D eigenvalue weighted by atomic mass is 15.1. The molecule has 1 aliphatic rings. The third-order valence-electron chi connectivity index (χ3n) is 2.84. The Kier molecular flexibility index (Phi) is 3.27. The molecule has 1 aliphatic heterocycles. The lowest BCUT2D eigenvalue weighted by Crippen LogP contribution is -2.31. The van der Waals surface area contributed by atoms with Gasteiger partial charge in [0.1, 0.15) is 0 Å². The quantitative estimate of drug-likeness (QED) is 0.638. The highest BCUT2D eigenvalue weighted by Crippen LogP contribution is 2.15. The van der Waals surface area contributed by atoms with E-state index < -0.39 is 0 Å². The average molecular weight is 168 g/mol. The van der Waals surface area contributed by atoms with Crippen LogP contribution in [0, 0.1) is 11.3 Å². The SMILES string of the molecule is CC1CCN(C(C)C)CCC1=N. The Balaban J connectivity index is 2.49. The first-order chi connectivity index (χ1) is 5.61. The second-order valence-electron chi connectivity index (χ2n) is 4.09. The van der Waals surface area contributed by atoms with Crippen molar-refractivity contribution in [1.82, 2.24) is 4.90 Å². The molecule has 1 rings (SSSR count). The van der Waals surface area contributed by atoms with Crippen LogP contribution in [0.2, 0.25) is 0 Å². The molecule has 1 N–H and O–H groups in total. The fourth-order valence-corrected chi connectivity index (χ4v) is 1.67. The molecule has 0 aromatic carbocycles. The molecule has 1 saturated heterocycles. The van der Waals surface area contributed by atoms with Crippen LogP contribution >= 0.6 is 0 Å². The number of likely N-dealkylation sites (tertiary alicyclic amines) is 1. The van der Waals surface area contributed by atoms with Crippen LogP contribution in [-0.4, -0.2) is 29.7 Å². The molecule has 1 unspecified atom stereocenters. The fraction of sp³-hybridized carbons (Fsp3) is 0.900. The molecule has 2 nitrogen and oxygen atoms in total. The zero-order chi connectivity index (χ0) is 9.14. The lowest BCUT2D eigenvalue weighted by molar-refractivity contribution is 0.229. The number of hydrogen-bond acceptors (Lipinski definition) is 2. The van der Waals surface area contributed by atoms with Crippen molar-refractivity contribution in [3.63, 3.8) is 0 Å². The lowest BCUT2D eigenvalue weighted by Gasteiger charge is -2.23. The summed E-state index contributed by atoms with van der Waals surface area (Å²) in [5.41, 5.74) is 0.943. The predicted molar refractivity (Wildman–Crippen MR) is 52.8 cm³/mol. The van der Waals surface area contributed by atoms with E-state index in [1.165, 1.54) is 6.54 Å². The van der Waals surface area contributed by atoms with Crippen molar-refractivity contribution in [3.05, 3.63) is 0 Å². The molecule has 1 heterocycles. The molecule has 2 heteroatoms. The molecule has 0 radical (unpaired) electrons. The number of rotatable bonds is 1. The van der Waals surface area contributed by atoms with E-state index in [0.717, 1.165) is 25.1 Å². The largest absolute Gasteiger partial charge is 0.309 e. The van der Waals surface area contributed by atoms with Gasteiger partial charge in [-0.1, -0.05) is 6.92 Å². The second kappa shape index (κ2) is 4.04. The molecule has 0 bridgehead atoms. The van der Waals surface area contributed by atoms with E-state index >= 15 is 0 Å². The van der Waals surface area contributed by atoms with Gasteiger partial charge in [0, 0.05) is 18.3 Å². The summed E-state index contributed by atoms with van der Waals surface area (Å²) in [6.07, 6.45) is 2.14. The number of nitrogens with one attached hydrogen (secondary N) is 1. The Labute approximate surface area is 75.5 Å². The van der Waals surface area contributed by atoms with E-state index in [1.54, 1.807) is 0 Å². The normalized spacial score (nSPS) is 27.7. The molecular weight excluding hydrogens is 148 g/mol. The summed E-state index contributed by atoms with van der Waals surface area (Å²) < 4.78 is 0. The van der Waals surface area contributed by atoms with Crippen molar-refractivity contribution in [3.8, 4) is 0 Å². The molecule has 70 valence electrons. The topological polar surface area (TPSA) is 27.1 Å². The van der Waals surface area contributed by atoms with E-state index in [1.807, 2.05) is 0 Å². The van der Waals surface area contributed by atoms with Gasteiger partial charge < -0.3 is 10.3 Å². The standard InChI is InChI=1S/C10H20N2/c1-8(2)12-6-4-9(3)10(11)5-7-12/h8-9,11H,4-7H2,1-3H3. The van der Waals surface area contributed by atoms with Crippen LogP contribution in [-0.2, 0) is 0 Å². The van der Waals surface area contributed by atoms with Crippen molar-refractivity contribution in [2.45, 2.75) is 39.7 Å². The van der Waals surface area contributed by atoms with E-state index in [9.17, 15) is 0 Å². The first kappa shape index (κ1) is 9.72. The Morgan fingerprint density at radius 2 is 2.08 bits per heavy atom. The van der Waals surface area contributed by atoms with Gasteiger partial charge in [-0.15, -0.1) is 0 Å². The molecule has 0 aromatic heterocycles. The summed E-state index contributed by atoms with van der Waals surface area (Å²) in [6, 6.07) is 0.642. The maximum Gasteiger partial charge on any atom is 0.0130 e. The molecule has 0 amide bonds. The lowest BCUT2D eigenvalue weighted by atomic mass is 10.0. The van der Waals surface area contributed by atoms with Crippen molar-refractivity contribution in [2.75, 3.05) is 13.1 Å². The maximum atomic E-state index is 7.74. The van der Waals surface area contributed by atoms with Crippen molar-refractivity contribution in [1.29, 1.82) is 5.41 Å². The zero-order valence-corrected chi connectivity index (χ0v) is 8.43. The van der Waals surface area contributed by atoms with Gasteiger partial charge in [-0.25, -0.2) is 0 Å². The third kappa shape index (κ3) is 2.31. The summed E-state index contributed by atoms with van der Waals surface area (Å²) in [5, 5.41) is 7.74. The summed E-state index contributed by atoms with van der Waals surface area (Å²) in [7, 11) is 0. The smallest absolute Gasteiger partial charge is 0.0130 e. The summed E-state index contributed by atoms with van der Waals surface area (Å²) in [5.74, 6) is 0.508. The maximum absolute atomic E-state index is 7.74. The van der Waals surface area contributed by atoms with Crippen molar-refractivity contribution in [2.24, 2.45) is 5.92 Å². The van der Waals surface area contributed by atoms with Gasteiger partial charge in [0.05, 0.1) is 0 Å². The Hall–Kier alpha value is -0.370. The van der Waals surface area contributed by atoms with Crippen LogP contribution in [0.25, 0.3) is 0 Å². The first-order valence-electron chi connectivity index (χ1n) is 4.92. The van der Waals surface area contributed by atoms with Gasteiger partial charge in [0.15, 0.2) is 0 Å². The number of nitrogens with zero attached hydrogens (tertiary/aromatic N) is 1. The van der Waals surface area contributed by atoms with Gasteiger partial charge in [-0.2, -0.15) is 0 Å². The Morgan fingerprint density at radius 1 is 1.42 bits per heavy atom. The molecular formula is C10H20N2. The average Bonchev–Trinajstić information content (AvgIpc) is 2.16. The third-order valence-corrected chi connectivity index (χ3v) is 2.84. The van der Waals surface area contributed by atoms with Gasteiger partial charge in [-0.3, -0.25) is 0 Å². The van der Waals surface area contributed by atoms with Gasteiger partial charge in [-0.05, 0) is 39.2 Å². The second-order valence-corrected chi connectivity index (χ2v) is 4.09. The van der Waals surface area contributed by atoms with Crippen molar-refractivity contribution < 1.29 is 0 Å². The first-order valence-corrected chi connectivity index (χ1v) is 4.92. The van der Waals surface area contributed by atoms with Gasteiger partial charge in [0.25, 0.3) is 0 Å². The minimum Gasteiger partial charge on any atom is -0.309 e. The zero-order valence-electron chi connectivity index (χ0n) is 8.43. The van der Waals surface area contributed by atoms with Crippen LogP contribution in [0.1, 0.15) is 33.6 Å². The van der Waals surface area contributed by atoms with Crippen LogP contribution in [0.5, 0.6) is 0 Å². The van der Waals surface area contributed by atoms with Crippen LogP contribution in [0.15, 0.2) is 0 Å². The highest BCUT2D eigenvalue weighted by Gasteiger charge is 2.18. The minimum atomic E-state index is 0.508. The molecule has 0 spiro atoms. The van der Waals surface area contributed by atoms with E-state index in [0.29, 0.717) is 12.0 Å². The summed E-state index contributed by atoms with van der Waals surface area (Å²) >= 11 is 0. The fourth-order valence-electron chi connectivity index (χ4n) is 1.67. The van der Waals surface area contributed by atoms with Crippen LogP contribution in [0.3, 0.4) is 0 Å². The number of hydrogen-bond donors (Lipinski definition) is 1. The predicted octanol–water partition coefficient (Wildman–Crippen LogP) is 2.15. The molecule has 1 atom stereocenters. The summed E-state index contributed by atoms with van der Waals surface area (Å²) in [6.45, 7) is 8.90. The molecule has 0 aromatic rings. The Bertz CT molecular complexity index is 163. The minimum absolute atomic E-state index is 0.508. The Morgan fingerprint density at radius 3 is 2.67 bits per heavy atom. The van der Waals surface area contributed by atoms with E-state index in [4.69, 9.17) is 5.41 Å². The monoisotopic (exact) mass is 168 g/mol. The highest BCUT2D eigenvalue weighted by molar-refractivity contribution is 5.83. The van der Waals surface area contributed by atoms with Gasteiger partial charge in [0.2, 0.25) is 0 Å². The van der Waals surface area contributed by atoms with Crippen LogP contribution < -0.4 is 0 Å². The van der Waals surface area contributed by atoms with Crippen molar-refractivity contribution >= 4 is 5.71 Å². The molecule has 0 saturated carbocycles. The molecule has 12 heavy (non-hydrogen) atoms. The molecule has 1 fully saturated rings. The van der Waals surface area contributed by atoms with E-state index in [-0.39, 0.29) is 0 Å². The van der Waals surface area contributed by atoms with Gasteiger partial charge >= 0.3 is 0 Å². The van der Waals surface area contributed by atoms with E-state index in [2.05, 4.69) is 25.7 Å². The molecule has 0 aliphatic carbocycles.